The number of carbonyl (C=O) groups excluding carboxylic acids is 1. The van der Waals surface area contributed by atoms with Crippen LogP contribution in [0, 0.1) is 11.8 Å². The molecule has 0 radical (unpaired) electrons. The van der Waals surface area contributed by atoms with Crippen molar-refractivity contribution >= 4 is 12.0 Å². The minimum absolute atomic E-state index is 0.183. The number of aromatic nitrogens is 3. The lowest BCUT2D eigenvalue weighted by molar-refractivity contribution is 0.211. The molecule has 7 nitrogen and oxygen atoms in total. The zero-order valence-corrected chi connectivity index (χ0v) is 13.0. The average Bonchev–Trinajstić information content (AvgIpc) is 2.62. The molecule has 2 heterocycles. The van der Waals surface area contributed by atoms with E-state index in [0.29, 0.717) is 22.4 Å². The summed E-state index contributed by atoms with van der Waals surface area (Å²) in [7, 11) is 0. The minimum Gasteiger partial charge on any atom is -0.410 e. The fourth-order valence-electron chi connectivity index (χ4n) is 2.07. The summed E-state index contributed by atoms with van der Waals surface area (Å²) in [5.74, 6) is 6.33. The molecule has 3 aromatic rings. The molecule has 0 aliphatic heterocycles. The Morgan fingerprint density at radius 3 is 2.44 bits per heavy atom. The maximum atomic E-state index is 11.2. The van der Waals surface area contributed by atoms with E-state index in [-0.39, 0.29) is 11.7 Å². The molecule has 7 heteroatoms. The summed E-state index contributed by atoms with van der Waals surface area (Å²) in [6.07, 6.45) is 3.80. The van der Waals surface area contributed by atoms with Gasteiger partial charge in [-0.1, -0.05) is 17.9 Å². The molecule has 0 spiro atoms. The van der Waals surface area contributed by atoms with E-state index in [2.05, 4.69) is 26.8 Å². The zero-order valence-electron chi connectivity index (χ0n) is 13.0. The van der Waals surface area contributed by atoms with Crippen LogP contribution in [0.25, 0.3) is 11.3 Å². The van der Waals surface area contributed by atoms with Crippen LogP contribution in [0.3, 0.4) is 0 Å². The van der Waals surface area contributed by atoms with Crippen LogP contribution in [0.2, 0.25) is 0 Å². The van der Waals surface area contributed by atoms with Crippen LogP contribution in [-0.4, -0.2) is 21.0 Å². The van der Waals surface area contributed by atoms with E-state index in [0.717, 1.165) is 0 Å². The summed E-state index contributed by atoms with van der Waals surface area (Å²) in [5, 5.41) is 0. The maximum absolute atomic E-state index is 11.2. The number of pyridine rings is 1. The highest BCUT2D eigenvalue weighted by atomic mass is 16.5. The highest BCUT2D eigenvalue weighted by molar-refractivity contribution is 5.75. The molecule has 0 aliphatic rings. The van der Waals surface area contributed by atoms with Gasteiger partial charge in [-0.15, -0.1) is 0 Å². The summed E-state index contributed by atoms with van der Waals surface area (Å²) >= 11 is 0. The zero-order chi connectivity index (χ0) is 17.6. The molecule has 25 heavy (non-hydrogen) atoms. The molecule has 4 N–H and O–H groups in total. The molecule has 3 rings (SSSR count). The second kappa shape index (κ2) is 7.10. The lowest BCUT2D eigenvalue weighted by Crippen LogP contribution is -2.16. The van der Waals surface area contributed by atoms with Crippen LogP contribution in [-0.2, 0) is 0 Å². The molecule has 0 unspecified atom stereocenters. The summed E-state index contributed by atoms with van der Waals surface area (Å²) in [5.41, 5.74) is 13.1. The number of ether oxygens (including phenoxy) is 1. The van der Waals surface area contributed by atoms with Crippen LogP contribution in [0.15, 0.2) is 55.0 Å². The molecular formula is C18H13N5O2. The minimum atomic E-state index is -0.908. The number of amides is 1. The summed E-state index contributed by atoms with van der Waals surface area (Å²) < 4.78 is 5.10. The van der Waals surface area contributed by atoms with Crippen LogP contribution < -0.4 is 16.2 Å². The molecule has 0 atom stereocenters. The second-order valence-electron chi connectivity index (χ2n) is 4.93. The van der Waals surface area contributed by atoms with Gasteiger partial charge in [0.15, 0.2) is 0 Å². The Morgan fingerprint density at radius 2 is 1.76 bits per heavy atom. The van der Waals surface area contributed by atoms with Crippen molar-refractivity contribution in [3.63, 3.8) is 0 Å². The largest absolute Gasteiger partial charge is 0.410 e. The molecule has 1 aromatic carbocycles. The first kappa shape index (κ1) is 16.0. The van der Waals surface area contributed by atoms with E-state index in [1.165, 1.54) is 12.4 Å². The predicted octanol–water partition coefficient (Wildman–Crippen LogP) is 1.98. The number of hydrogen-bond donors (Lipinski definition) is 2. The number of benzene rings is 1. The van der Waals surface area contributed by atoms with E-state index in [1.807, 2.05) is 6.07 Å². The topological polar surface area (TPSA) is 117 Å². The number of hydrogen-bond acceptors (Lipinski definition) is 6. The van der Waals surface area contributed by atoms with Crippen molar-refractivity contribution in [3.8, 4) is 28.8 Å². The van der Waals surface area contributed by atoms with Crippen molar-refractivity contribution in [2.45, 2.75) is 0 Å². The van der Waals surface area contributed by atoms with Gasteiger partial charge in [0.05, 0.1) is 11.3 Å². The molecule has 0 aliphatic carbocycles. The van der Waals surface area contributed by atoms with Crippen molar-refractivity contribution in [2.24, 2.45) is 5.73 Å². The molecule has 2 aromatic heterocycles. The first-order valence-electron chi connectivity index (χ1n) is 7.24. The van der Waals surface area contributed by atoms with Crippen LogP contribution in [0.4, 0.5) is 10.7 Å². The van der Waals surface area contributed by atoms with Crippen molar-refractivity contribution in [1.29, 1.82) is 0 Å². The SMILES string of the molecule is NC(=O)Oc1cc(C#Cc2cnc(N)nc2)ccc1-c1ccccn1. The van der Waals surface area contributed by atoms with Crippen molar-refractivity contribution < 1.29 is 9.53 Å². The molecule has 0 bridgehead atoms. The number of nitrogens with two attached hydrogens (primary N) is 2. The molecule has 1 amide bonds. The van der Waals surface area contributed by atoms with Crippen molar-refractivity contribution in [3.05, 3.63) is 66.1 Å². The summed E-state index contributed by atoms with van der Waals surface area (Å²) in [4.78, 5) is 23.2. The smallest absolute Gasteiger partial charge is 0.409 e. The number of anilines is 1. The number of carbonyl (C=O) groups is 1. The fraction of sp³-hybridized carbons (Fsp3) is 0. The van der Waals surface area contributed by atoms with Crippen molar-refractivity contribution in [2.75, 3.05) is 5.73 Å². The fourth-order valence-corrected chi connectivity index (χ4v) is 2.07. The average molecular weight is 331 g/mol. The quantitative estimate of drug-likeness (QED) is 0.693. The lowest BCUT2D eigenvalue weighted by Gasteiger charge is -2.08. The molecule has 0 fully saturated rings. The Balaban J connectivity index is 1.97. The maximum Gasteiger partial charge on any atom is 0.409 e. The third kappa shape index (κ3) is 4.09. The number of nitrogens with zero attached hydrogens (tertiary/aromatic N) is 3. The van der Waals surface area contributed by atoms with E-state index in [9.17, 15) is 4.79 Å². The monoisotopic (exact) mass is 331 g/mol. The highest BCUT2D eigenvalue weighted by Gasteiger charge is 2.10. The normalized spacial score (nSPS) is 9.76. The number of rotatable bonds is 2. The van der Waals surface area contributed by atoms with Gasteiger partial charge in [0.1, 0.15) is 5.75 Å². The van der Waals surface area contributed by atoms with E-state index >= 15 is 0 Å². The number of nitrogen functional groups attached to an aromatic ring is 1. The van der Waals surface area contributed by atoms with Gasteiger partial charge in [-0.2, -0.15) is 0 Å². The second-order valence-corrected chi connectivity index (χ2v) is 4.93. The molecule has 0 saturated heterocycles. The Labute approximate surface area is 143 Å². The molecule has 0 saturated carbocycles. The van der Waals surface area contributed by atoms with Crippen molar-refractivity contribution in [1.82, 2.24) is 15.0 Å². The van der Waals surface area contributed by atoms with Gasteiger partial charge in [-0.25, -0.2) is 14.8 Å². The van der Waals surface area contributed by atoms with Gasteiger partial charge in [0.2, 0.25) is 5.95 Å². The first-order valence-corrected chi connectivity index (χ1v) is 7.24. The third-order valence-electron chi connectivity index (χ3n) is 3.16. The Morgan fingerprint density at radius 1 is 1.00 bits per heavy atom. The predicted molar refractivity (Wildman–Crippen MR) is 92.3 cm³/mol. The molecule has 122 valence electrons. The van der Waals surface area contributed by atoms with Gasteiger partial charge in [-0.05, 0) is 30.3 Å². The van der Waals surface area contributed by atoms with Crippen LogP contribution in [0.1, 0.15) is 11.1 Å². The van der Waals surface area contributed by atoms with Gasteiger partial charge in [0, 0.05) is 29.7 Å². The Bertz CT molecular complexity index is 960. The van der Waals surface area contributed by atoms with Gasteiger partial charge < -0.3 is 16.2 Å². The van der Waals surface area contributed by atoms with Crippen LogP contribution >= 0.6 is 0 Å². The number of primary amides is 1. The standard InChI is InChI=1S/C18H13N5O2/c19-17-22-10-13(11-23-17)5-4-12-6-7-14(15-3-1-2-8-21-15)16(9-12)25-18(20)24/h1-3,6-11H,(H2,20,24)(H2,19,22,23). The third-order valence-corrected chi connectivity index (χ3v) is 3.16. The summed E-state index contributed by atoms with van der Waals surface area (Å²) in [6.45, 7) is 0. The van der Waals surface area contributed by atoms with Gasteiger partial charge in [0.25, 0.3) is 0 Å². The molecular weight excluding hydrogens is 318 g/mol. The Hall–Kier alpha value is -3.92. The van der Waals surface area contributed by atoms with Gasteiger partial charge >= 0.3 is 6.09 Å². The Kier molecular flexibility index (Phi) is 4.53. The lowest BCUT2D eigenvalue weighted by atomic mass is 10.1. The van der Waals surface area contributed by atoms with E-state index < -0.39 is 6.09 Å². The first-order chi connectivity index (χ1) is 12.1. The van der Waals surface area contributed by atoms with E-state index in [4.69, 9.17) is 16.2 Å². The summed E-state index contributed by atoms with van der Waals surface area (Å²) in [6, 6.07) is 10.6. The van der Waals surface area contributed by atoms with E-state index in [1.54, 1.807) is 36.5 Å². The van der Waals surface area contributed by atoms with Gasteiger partial charge in [-0.3, -0.25) is 4.98 Å². The highest BCUT2D eigenvalue weighted by Crippen LogP contribution is 2.29. The van der Waals surface area contributed by atoms with Crippen LogP contribution in [0.5, 0.6) is 5.75 Å².